The van der Waals surface area contributed by atoms with Gasteiger partial charge in [0.05, 0.1) is 4.90 Å². The minimum atomic E-state index is -3.65. The van der Waals surface area contributed by atoms with Crippen LogP contribution in [0, 0.1) is 13.8 Å². The molecule has 2 aromatic rings. The Morgan fingerprint density at radius 1 is 1.20 bits per heavy atom. The topological polar surface area (TPSA) is 85.1 Å². The normalized spacial score (nSPS) is 11.3. The van der Waals surface area contributed by atoms with E-state index in [2.05, 4.69) is 9.71 Å². The maximum Gasteiger partial charge on any atom is 0.263 e. The zero-order valence-corrected chi connectivity index (χ0v) is 12.2. The number of anilines is 1. The Morgan fingerprint density at radius 2 is 1.95 bits per heavy atom. The molecule has 0 spiro atoms. The van der Waals surface area contributed by atoms with E-state index in [1.165, 1.54) is 6.07 Å². The van der Waals surface area contributed by atoms with Crippen molar-refractivity contribution in [2.24, 2.45) is 5.73 Å². The van der Waals surface area contributed by atoms with Gasteiger partial charge in [-0.05, 0) is 49.2 Å². The third kappa shape index (κ3) is 3.34. The second kappa shape index (κ2) is 5.60. The van der Waals surface area contributed by atoms with Gasteiger partial charge >= 0.3 is 0 Å². The Labute approximate surface area is 118 Å². The van der Waals surface area contributed by atoms with Gasteiger partial charge in [0.15, 0.2) is 0 Å². The minimum absolute atomic E-state index is 0.182. The number of nitrogens with zero attached hydrogens (tertiary/aromatic N) is 1. The van der Waals surface area contributed by atoms with Crippen molar-refractivity contribution in [2.45, 2.75) is 25.3 Å². The molecule has 0 saturated heterocycles. The number of sulfonamides is 1. The van der Waals surface area contributed by atoms with Crippen molar-refractivity contribution >= 4 is 15.8 Å². The second-order valence-corrected chi connectivity index (χ2v) is 6.31. The van der Waals surface area contributed by atoms with Crippen LogP contribution in [0.3, 0.4) is 0 Å². The first kappa shape index (κ1) is 14.5. The first-order chi connectivity index (χ1) is 9.40. The predicted octanol–water partition coefficient (Wildman–Crippen LogP) is 1.96. The van der Waals surface area contributed by atoms with Crippen molar-refractivity contribution in [3.63, 3.8) is 0 Å². The Bertz CT molecular complexity index is 707. The van der Waals surface area contributed by atoms with Gasteiger partial charge in [-0.3, -0.25) is 4.72 Å². The van der Waals surface area contributed by atoms with E-state index in [1.807, 2.05) is 19.9 Å². The van der Waals surface area contributed by atoms with Gasteiger partial charge in [-0.25, -0.2) is 13.4 Å². The highest BCUT2D eigenvalue weighted by molar-refractivity contribution is 7.92. The van der Waals surface area contributed by atoms with Gasteiger partial charge in [0.2, 0.25) is 0 Å². The molecule has 0 aliphatic rings. The fraction of sp³-hybridized carbons (Fsp3) is 0.214. The molecule has 1 aromatic carbocycles. The van der Waals surface area contributed by atoms with E-state index < -0.39 is 10.0 Å². The standard InChI is InChI=1S/C14H17N3O2S/c1-10-6-11(2)16-14(7-10)17-20(18,19)13-5-3-4-12(8-13)9-15/h3-8H,9,15H2,1-2H3,(H,16,17). The third-order valence-corrected chi connectivity index (χ3v) is 4.13. The Kier molecular flexibility index (Phi) is 4.06. The average molecular weight is 291 g/mol. The molecule has 1 aromatic heterocycles. The Hall–Kier alpha value is -1.92. The summed E-state index contributed by atoms with van der Waals surface area (Å²) in [6, 6.07) is 10.1. The Balaban J connectivity index is 2.35. The summed E-state index contributed by atoms with van der Waals surface area (Å²) in [4.78, 5) is 4.35. The lowest BCUT2D eigenvalue weighted by atomic mass is 10.2. The van der Waals surface area contributed by atoms with Crippen LogP contribution in [-0.2, 0) is 16.6 Å². The minimum Gasteiger partial charge on any atom is -0.326 e. The molecule has 0 saturated carbocycles. The van der Waals surface area contributed by atoms with E-state index in [9.17, 15) is 8.42 Å². The van der Waals surface area contributed by atoms with Crippen LogP contribution in [0.2, 0.25) is 0 Å². The van der Waals surface area contributed by atoms with E-state index in [1.54, 1.807) is 24.3 Å². The molecule has 106 valence electrons. The van der Waals surface area contributed by atoms with Crippen LogP contribution in [0.5, 0.6) is 0 Å². The van der Waals surface area contributed by atoms with Crippen LogP contribution < -0.4 is 10.5 Å². The summed E-state index contributed by atoms with van der Waals surface area (Å²) < 4.78 is 27.1. The SMILES string of the molecule is Cc1cc(C)nc(NS(=O)(=O)c2cccc(CN)c2)c1. The number of hydrogen-bond donors (Lipinski definition) is 2. The summed E-state index contributed by atoms with van der Waals surface area (Å²) in [7, 11) is -3.65. The summed E-state index contributed by atoms with van der Waals surface area (Å²) in [6.07, 6.45) is 0. The van der Waals surface area contributed by atoms with E-state index in [-0.39, 0.29) is 4.90 Å². The number of pyridine rings is 1. The molecular weight excluding hydrogens is 274 g/mol. The number of rotatable bonds is 4. The summed E-state index contributed by atoms with van der Waals surface area (Å²) >= 11 is 0. The van der Waals surface area contributed by atoms with Gasteiger partial charge in [-0.15, -0.1) is 0 Å². The molecule has 0 aliphatic carbocycles. The first-order valence-corrected chi connectivity index (χ1v) is 7.66. The summed E-state index contributed by atoms with van der Waals surface area (Å²) in [5, 5.41) is 0. The van der Waals surface area contributed by atoms with Crippen molar-refractivity contribution in [2.75, 3.05) is 4.72 Å². The molecule has 5 nitrogen and oxygen atoms in total. The smallest absolute Gasteiger partial charge is 0.263 e. The van der Waals surface area contributed by atoms with Crippen molar-refractivity contribution < 1.29 is 8.42 Å². The highest BCUT2D eigenvalue weighted by atomic mass is 32.2. The molecule has 0 unspecified atom stereocenters. The average Bonchev–Trinajstić information content (AvgIpc) is 2.37. The molecule has 3 N–H and O–H groups in total. The van der Waals surface area contributed by atoms with E-state index in [4.69, 9.17) is 5.73 Å². The lowest BCUT2D eigenvalue weighted by molar-refractivity contribution is 0.601. The second-order valence-electron chi connectivity index (χ2n) is 4.63. The van der Waals surface area contributed by atoms with Crippen LogP contribution in [0.1, 0.15) is 16.8 Å². The number of nitrogens with one attached hydrogen (secondary N) is 1. The molecular formula is C14H17N3O2S. The molecule has 0 amide bonds. The van der Waals surface area contributed by atoms with E-state index in [0.717, 1.165) is 16.8 Å². The molecule has 0 aliphatic heterocycles. The van der Waals surface area contributed by atoms with Crippen LogP contribution in [0.4, 0.5) is 5.82 Å². The maximum atomic E-state index is 12.3. The van der Waals surface area contributed by atoms with Crippen LogP contribution >= 0.6 is 0 Å². The van der Waals surface area contributed by atoms with E-state index >= 15 is 0 Å². The zero-order valence-electron chi connectivity index (χ0n) is 11.4. The van der Waals surface area contributed by atoms with Gasteiger partial charge in [-0.1, -0.05) is 12.1 Å². The van der Waals surface area contributed by atoms with Gasteiger partial charge in [0, 0.05) is 12.2 Å². The molecule has 2 rings (SSSR count). The van der Waals surface area contributed by atoms with Crippen molar-refractivity contribution in [1.82, 2.24) is 4.98 Å². The lowest BCUT2D eigenvalue weighted by Crippen LogP contribution is -2.15. The number of aryl methyl sites for hydroxylation is 2. The third-order valence-electron chi connectivity index (χ3n) is 2.78. The molecule has 20 heavy (non-hydrogen) atoms. The molecule has 0 bridgehead atoms. The number of benzene rings is 1. The molecule has 6 heteroatoms. The predicted molar refractivity (Wildman–Crippen MR) is 78.9 cm³/mol. The molecule has 0 fully saturated rings. The fourth-order valence-corrected chi connectivity index (χ4v) is 2.99. The van der Waals surface area contributed by atoms with E-state index in [0.29, 0.717) is 12.4 Å². The largest absolute Gasteiger partial charge is 0.326 e. The summed E-state index contributed by atoms with van der Waals surface area (Å²) in [5.41, 5.74) is 8.00. The number of aromatic nitrogens is 1. The maximum absolute atomic E-state index is 12.3. The highest BCUT2D eigenvalue weighted by Gasteiger charge is 2.15. The Morgan fingerprint density at radius 3 is 2.60 bits per heavy atom. The first-order valence-electron chi connectivity index (χ1n) is 6.18. The van der Waals surface area contributed by atoms with Gasteiger partial charge in [-0.2, -0.15) is 0 Å². The van der Waals surface area contributed by atoms with Crippen molar-refractivity contribution in [1.29, 1.82) is 0 Å². The summed E-state index contributed by atoms with van der Waals surface area (Å²) in [5.74, 6) is 0.320. The monoisotopic (exact) mass is 291 g/mol. The van der Waals surface area contributed by atoms with Crippen LogP contribution in [-0.4, -0.2) is 13.4 Å². The summed E-state index contributed by atoms with van der Waals surface area (Å²) in [6.45, 7) is 4.01. The van der Waals surface area contributed by atoms with Gasteiger partial charge < -0.3 is 5.73 Å². The highest BCUT2D eigenvalue weighted by Crippen LogP contribution is 2.17. The van der Waals surface area contributed by atoms with Gasteiger partial charge in [0.25, 0.3) is 10.0 Å². The van der Waals surface area contributed by atoms with Crippen molar-refractivity contribution in [3.8, 4) is 0 Å². The molecule has 1 heterocycles. The lowest BCUT2D eigenvalue weighted by Gasteiger charge is -2.09. The van der Waals surface area contributed by atoms with Gasteiger partial charge in [0.1, 0.15) is 5.82 Å². The van der Waals surface area contributed by atoms with Crippen molar-refractivity contribution in [3.05, 3.63) is 53.2 Å². The zero-order chi connectivity index (χ0) is 14.8. The number of nitrogens with two attached hydrogens (primary N) is 1. The number of hydrogen-bond acceptors (Lipinski definition) is 4. The van der Waals surface area contributed by atoms with Crippen LogP contribution in [0.25, 0.3) is 0 Å². The fourth-order valence-electron chi connectivity index (χ4n) is 1.93. The quantitative estimate of drug-likeness (QED) is 0.901. The molecule has 0 radical (unpaired) electrons. The van der Waals surface area contributed by atoms with Crippen LogP contribution in [0.15, 0.2) is 41.3 Å². The molecule has 0 atom stereocenters.